The van der Waals surface area contributed by atoms with Crippen LogP contribution < -0.4 is 10.9 Å². The molecule has 1 N–H and O–H groups in total. The Bertz CT molecular complexity index is 1320. The Kier molecular flexibility index (Phi) is 6.13. The van der Waals surface area contributed by atoms with Gasteiger partial charge in [0.15, 0.2) is 5.16 Å². The van der Waals surface area contributed by atoms with E-state index < -0.39 is 0 Å². The minimum atomic E-state index is -0.206. The minimum absolute atomic E-state index is 0.118. The third-order valence-corrected chi connectivity index (χ3v) is 5.76. The van der Waals surface area contributed by atoms with Crippen molar-refractivity contribution in [2.24, 2.45) is 0 Å². The van der Waals surface area contributed by atoms with Gasteiger partial charge in [0, 0.05) is 11.9 Å². The minimum Gasteiger partial charge on any atom is -0.325 e. The maximum absolute atomic E-state index is 13.2. The van der Waals surface area contributed by atoms with Crippen LogP contribution in [0.1, 0.15) is 18.1 Å². The molecule has 0 spiro atoms. The van der Waals surface area contributed by atoms with E-state index in [1.54, 1.807) is 18.3 Å². The fourth-order valence-electron chi connectivity index (χ4n) is 3.25. The van der Waals surface area contributed by atoms with E-state index in [-0.39, 0.29) is 17.2 Å². The molecule has 0 fully saturated rings. The molecular formula is C24H22N4O2S. The molecule has 0 atom stereocenters. The first-order valence-electron chi connectivity index (χ1n) is 10.0. The van der Waals surface area contributed by atoms with E-state index in [0.29, 0.717) is 21.9 Å². The van der Waals surface area contributed by atoms with Crippen molar-refractivity contribution in [3.8, 4) is 5.82 Å². The van der Waals surface area contributed by atoms with Crippen LogP contribution in [0.4, 0.5) is 5.69 Å². The zero-order chi connectivity index (χ0) is 21.8. The highest BCUT2D eigenvalue weighted by atomic mass is 32.2. The Balaban J connectivity index is 1.65. The Morgan fingerprint density at radius 3 is 2.74 bits per heavy atom. The smallest absolute Gasteiger partial charge is 0.267 e. The Morgan fingerprint density at radius 2 is 1.94 bits per heavy atom. The van der Waals surface area contributed by atoms with Crippen LogP contribution >= 0.6 is 11.8 Å². The Morgan fingerprint density at radius 1 is 1.10 bits per heavy atom. The number of pyridine rings is 1. The number of fused-ring (bicyclic) bond motifs is 1. The van der Waals surface area contributed by atoms with Gasteiger partial charge in [-0.05, 0) is 60.9 Å². The first-order chi connectivity index (χ1) is 15.0. The van der Waals surface area contributed by atoms with Crippen molar-refractivity contribution in [1.82, 2.24) is 14.5 Å². The first kappa shape index (κ1) is 20.8. The zero-order valence-corrected chi connectivity index (χ0v) is 18.1. The number of anilines is 1. The van der Waals surface area contributed by atoms with E-state index in [4.69, 9.17) is 0 Å². The largest absolute Gasteiger partial charge is 0.325 e. The molecule has 2 aromatic heterocycles. The predicted molar refractivity (Wildman–Crippen MR) is 125 cm³/mol. The lowest BCUT2D eigenvalue weighted by Gasteiger charge is -2.13. The topological polar surface area (TPSA) is 76.9 Å². The van der Waals surface area contributed by atoms with Gasteiger partial charge in [0.1, 0.15) is 5.82 Å². The van der Waals surface area contributed by atoms with Crippen LogP contribution in [0.3, 0.4) is 0 Å². The zero-order valence-electron chi connectivity index (χ0n) is 17.3. The third-order valence-electron chi connectivity index (χ3n) is 4.83. The number of nitrogens with zero attached hydrogens (tertiary/aromatic N) is 3. The van der Waals surface area contributed by atoms with Gasteiger partial charge in [-0.3, -0.25) is 9.59 Å². The maximum Gasteiger partial charge on any atom is 0.267 e. The highest BCUT2D eigenvalue weighted by Crippen LogP contribution is 2.21. The first-order valence-corrected chi connectivity index (χ1v) is 11.0. The monoisotopic (exact) mass is 430 g/mol. The maximum atomic E-state index is 13.2. The summed E-state index contributed by atoms with van der Waals surface area (Å²) in [5.41, 5.74) is 3.28. The van der Waals surface area contributed by atoms with Crippen LogP contribution in [0, 0.1) is 6.92 Å². The SMILES string of the molecule is CCc1cccc(NC(=O)CSc2nc3ccccc3c(=O)n2-c2cc(C)ccn2)c1. The standard InChI is InChI=1S/C24H22N4O2S/c1-3-17-7-6-8-18(14-17)26-22(29)15-31-24-27-20-10-5-4-9-19(20)23(30)28(24)21-13-16(2)11-12-25-21/h4-14H,3,15H2,1-2H3,(H,26,29). The molecule has 4 aromatic rings. The molecule has 0 bridgehead atoms. The van der Waals surface area contributed by atoms with Gasteiger partial charge in [-0.1, -0.05) is 43.0 Å². The van der Waals surface area contributed by atoms with Crippen LogP contribution in [0.15, 0.2) is 76.8 Å². The number of amides is 1. The number of rotatable bonds is 6. The summed E-state index contributed by atoms with van der Waals surface area (Å²) in [6.45, 7) is 4.01. The summed E-state index contributed by atoms with van der Waals surface area (Å²) in [4.78, 5) is 34.8. The van der Waals surface area contributed by atoms with Crippen molar-refractivity contribution in [3.63, 3.8) is 0 Å². The number of hydrogen-bond donors (Lipinski definition) is 1. The van der Waals surface area contributed by atoms with E-state index in [1.807, 2.05) is 55.5 Å². The van der Waals surface area contributed by atoms with Crippen LogP contribution in [-0.2, 0) is 11.2 Å². The van der Waals surface area contributed by atoms with Gasteiger partial charge in [0.25, 0.3) is 5.56 Å². The Hall–Kier alpha value is -3.45. The highest BCUT2D eigenvalue weighted by Gasteiger charge is 2.16. The summed E-state index contributed by atoms with van der Waals surface area (Å²) >= 11 is 1.21. The third kappa shape index (κ3) is 4.67. The molecule has 0 aliphatic carbocycles. The number of thioether (sulfide) groups is 1. The molecule has 2 heterocycles. The van der Waals surface area contributed by atoms with Gasteiger partial charge in [-0.2, -0.15) is 0 Å². The number of carbonyl (C=O) groups is 1. The average Bonchev–Trinajstić information content (AvgIpc) is 2.78. The second-order valence-corrected chi connectivity index (χ2v) is 8.08. The van der Waals surface area contributed by atoms with Crippen molar-refractivity contribution in [1.29, 1.82) is 0 Å². The molecular weight excluding hydrogens is 408 g/mol. The lowest BCUT2D eigenvalue weighted by Crippen LogP contribution is -2.23. The highest BCUT2D eigenvalue weighted by molar-refractivity contribution is 7.99. The molecule has 156 valence electrons. The summed E-state index contributed by atoms with van der Waals surface area (Å²) in [7, 11) is 0. The van der Waals surface area contributed by atoms with Crippen LogP contribution in [-0.4, -0.2) is 26.2 Å². The molecule has 0 unspecified atom stereocenters. The van der Waals surface area contributed by atoms with Crippen molar-refractivity contribution in [2.75, 3.05) is 11.1 Å². The molecule has 7 heteroatoms. The lowest BCUT2D eigenvalue weighted by atomic mass is 10.1. The van der Waals surface area contributed by atoms with Gasteiger partial charge in [-0.15, -0.1) is 0 Å². The van der Waals surface area contributed by atoms with Gasteiger partial charge in [0.05, 0.1) is 16.7 Å². The van der Waals surface area contributed by atoms with E-state index in [2.05, 4.69) is 22.2 Å². The fraction of sp³-hybridized carbons (Fsp3) is 0.167. The van der Waals surface area contributed by atoms with Gasteiger partial charge >= 0.3 is 0 Å². The molecule has 2 aromatic carbocycles. The quantitative estimate of drug-likeness (QED) is 0.363. The molecule has 1 amide bonds. The van der Waals surface area contributed by atoms with Crippen LogP contribution in [0.2, 0.25) is 0 Å². The predicted octanol–water partition coefficient (Wildman–Crippen LogP) is 4.38. The van der Waals surface area contributed by atoms with E-state index in [0.717, 1.165) is 23.2 Å². The normalized spacial score (nSPS) is 10.9. The van der Waals surface area contributed by atoms with E-state index in [9.17, 15) is 9.59 Å². The summed E-state index contributed by atoms with van der Waals surface area (Å²) in [5.74, 6) is 0.443. The Labute approximate surface area is 184 Å². The molecule has 0 radical (unpaired) electrons. The molecule has 0 saturated heterocycles. The number of carbonyl (C=O) groups excluding carboxylic acids is 1. The van der Waals surface area contributed by atoms with Crippen molar-refractivity contribution in [3.05, 3.63) is 88.3 Å². The van der Waals surface area contributed by atoms with Gasteiger partial charge in [-0.25, -0.2) is 14.5 Å². The van der Waals surface area contributed by atoms with Crippen molar-refractivity contribution >= 4 is 34.3 Å². The summed E-state index contributed by atoms with van der Waals surface area (Å²) in [6.07, 6.45) is 2.56. The average molecular weight is 431 g/mol. The van der Waals surface area contributed by atoms with Crippen molar-refractivity contribution in [2.45, 2.75) is 25.4 Å². The number of aryl methyl sites for hydroxylation is 2. The second kappa shape index (κ2) is 9.14. The van der Waals surface area contributed by atoms with Gasteiger partial charge in [0.2, 0.25) is 5.91 Å². The molecule has 0 saturated carbocycles. The van der Waals surface area contributed by atoms with Crippen LogP contribution in [0.5, 0.6) is 0 Å². The molecule has 0 aliphatic heterocycles. The molecule has 0 aliphatic rings. The summed E-state index contributed by atoms with van der Waals surface area (Å²) < 4.78 is 1.48. The van der Waals surface area contributed by atoms with Crippen molar-refractivity contribution < 1.29 is 4.79 Å². The van der Waals surface area contributed by atoms with Crippen LogP contribution in [0.25, 0.3) is 16.7 Å². The van der Waals surface area contributed by atoms with Gasteiger partial charge < -0.3 is 5.32 Å². The summed E-state index contributed by atoms with van der Waals surface area (Å²) in [6, 6.07) is 18.7. The second-order valence-electron chi connectivity index (χ2n) is 7.13. The fourth-order valence-corrected chi connectivity index (χ4v) is 4.05. The number of hydrogen-bond acceptors (Lipinski definition) is 5. The van der Waals surface area contributed by atoms with E-state index >= 15 is 0 Å². The van der Waals surface area contributed by atoms with E-state index in [1.165, 1.54) is 16.3 Å². The number of para-hydroxylation sites is 1. The molecule has 6 nitrogen and oxygen atoms in total. The number of benzene rings is 2. The lowest BCUT2D eigenvalue weighted by molar-refractivity contribution is -0.113. The molecule has 4 rings (SSSR count). The number of aromatic nitrogens is 3. The summed E-state index contributed by atoms with van der Waals surface area (Å²) in [5, 5.41) is 3.86. The molecule has 31 heavy (non-hydrogen) atoms. The number of nitrogens with one attached hydrogen (secondary N) is 1.